The molecule has 0 atom stereocenters. The summed E-state index contributed by atoms with van der Waals surface area (Å²) in [6.07, 6.45) is 0.875. The highest BCUT2D eigenvalue weighted by molar-refractivity contribution is 5.74. The Balaban J connectivity index is 0. The molecule has 0 fully saturated rings. The van der Waals surface area contributed by atoms with Crippen molar-refractivity contribution in [3.05, 3.63) is 0 Å². The summed E-state index contributed by atoms with van der Waals surface area (Å²) in [7, 11) is 0. The van der Waals surface area contributed by atoms with Gasteiger partial charge in [-0.05, 0) is 13.3 Å². The second-order valence-corrected chi connectivity index (χ2v) is 2.91. The van der Waals surface area contributed by atoms with Crippen LogP contribution in [-0.2, 0) is 4.79 Å². The zero-order valence-corrected chi connectivity index (χ0v) is 8.03. The van der Waals surface area contributed by atoms with Crippen LogP contribution in [0.1, 0.15) is 20.3 Å². The number of carboxylic acid groups (broad SMARTS) is 1. The quantitative estimate of drug-likeness (QED) is 0.481. The van der Waals surface area contributed by atoms with Gasteiger partial charge in [0.1, 0.15) is 5.41 Å². The molecule has 0 heterocycles. The molecule has 80 valence electrons. The molecule has 0 spiro atoms. The van der Waals surface area contributed by atoms with E-state index in [9.17, 15) is 4.79 Å². The average molecular weight is 194 g/mol. The molecule has 0 saturated heterocycles. The first-order valence-corrected chi connectivity index (χ1v) is 4.04. The third-order valence-corrected chi connectivity index (χ3v) is 1.44. The van der Waals surface area contributed by atoms with Gasteiger partial charge in [0.2, 0.25) is 0 Å². The Morgan fingerprint density at radius 2 is 1.54 bits per heavy atom. The molecule has 0 saturated carbocycles. The molecule has 0 aromatic heterocycles. The molecule has 0 radical (unpaired) electrons. The Kier molecular flexibility index (Phi) is 9.11. The van der Waals surface area contributed by atoms with Crippen molar-refractivity contribution in [3.8, 4) is 0 Å². The van der Waals surface area contributed by atoms with E-state index in [0.29, 0.717) is 6.61 Å². The summed E-state index contributed by atoms with van der Waals surface area (Å²) < 4.78 is 0. The van der Waals surface area contributed by atoms with Crippen LogP contribution in [-0.4, -0.2) is 46.2 Å². The molecule has 0 aromatic rings. The minimum atomic E-state index is -1.39. The Hall–Kier alpha value is -0.650. The smallest absolute Gasteiger partial charge is 0.314 e. The topological polar surface area (TPSA) is 98.0 Å². The number of hydrogen-bond donors (Lipinski definition) is 4. The normalized spacial score (nSPS) is 10.2. The Morgan fingerprint density at radius 3 is 1.54 bits per heavy atom. The first-order chi connectivity index (χ1) is 5.98. The van der Waals surface area contributed by atoms with E-state index >= 15 is 0 Å². The highest BCUT2D eigenvalue weighted by atomic mass is 16.4. The zero-order valence-electron chi connectivity index (χ0n) is 8.03. The maximum atomic E-state index is 10.2. The summed E-state index contributed by atoms with van der Waals surface area (Å²) in [4.78, 5) is 10.2. The standard InChI is InChI=1S/C5H10O4.C3H8O/c1-5(2-6,3-7)4(8)9;1-2-3-4/h6-7H,2-3H2,1H3,(H,8,9);4H,2-3H2,1H3. The van der Waals surface area contributed by atoms with E-state index in [1.807, 2.05) is 6.92 Å². The van der Waals surface area contributed by atoms with Gasteiger partial charge in [-0.2, -0.15) is 0 Å². The van der Waals surface area contributed by atoms with Gasteiger partial charge in [-0.1, -0.05) is 6.92 Å². The van der Waals surface area contributed by atoms with E-state index in [4.69, 9.17) is 20.4 Å². The van der Waals surface area contributed by atoms with E-state index in [1.54, 1.807) is 0 Å². The van der Waals surface area contributed by atoms with Crippen LogP contribution in [0.4, 0.5) is 0 Å². The SMILES string of the molecule is CC(CO)(CO)C(=O)O.CCCO. The van der Waals surface area contributed by atoms with Crippen molar-refractivity contribution in [3.63, 3.8) is 0 Å². The summed E-state index contributed by atoms with van der Waals surface area (Å²) in [5.41, 5.74) is -1.39. The summed E-state index contributed by atoms with van der Waals surface area (Å²) >= 11 is 0. The van der Waals surface area contributed by atoms with Crippen LogP contribution < -0.4 is 0 Å². The van der Waals surface area contributed by atoms with Gasteiger partial charge in [0, 0.05) is 6.61 Å². The van der Waals surface area contributed by atoms with Gasteiger partial charge in [0.05, 0.1) is 13.2 Å². The molecule has 13 heavy (non-hydrogen) atoms. The van der Waals surface area contributed by atoms with Gasteiger partial charge in [-0.25, -0.2) is 0 Å². The van der Waals surface area contributed by atoms with Crippen molar-refractivity contribution >= 4 is 5.97 Å². The van der Waals surface area contributed by atoms with Gasteiger partial charge >= 0.3 is 5.97 Å². The fourth-order valence-electron chi connectivity index (χ4n) is 0.185. The molecule has 5 heteroatoms. The van der Waals surface area contributed by atoms with Crippen LogP contribution in [0.15, 0.2) is 0 Å². The predicted molar refractivity (Wildman–Crippen MR) is 47.3 cm³/mol. The number of carbonyl (C=O) groups is 1. The lowest BCUT2D eigenvalue weighted by Gasteiger charge is -2.17. The zero-order chi connectivity index (χ0) is 10.9. The number of carboxylic acids is 1. The summed E-state index contributed by atoms with van der Waals surface area (Å²) in [5, 5.41) is 33.0. The van der Waals surface area contributed by atoms with Gasteiger partial charge in [0.15, 0.2) is 0 Å². The molecular weight excluding hydrogens is 176 g/mol. The Bertz CT molecular complexity index is 128. The molecule has 0 unspecified atom stereocenters. The number of aliphatic carboxylic acids is 1. The largest absolute Gasteiger partial charge is 0.481 e. The Labute approximate surface area is 77.6 Å². The van der Waals surface area contributed by atoms with Gasteiger partial charge in [-0.3, -0.25) is 4.79 Å². The van der Waals surface area contributed by atoms with Crippen LogP contribution in [0.2, 0.25) is 0 Å². The first kappa shape index (κ1) is 14.9. The molecule has 0 amide bonds. The van der Waals surface area contributed by atoms with Crippen molar-refractivity contribution in [2.24, 2.45) is 5.41 Å². The first-order valence-electron chi connectivity index (χ1n) is 4.04. The predicted octanol–water partition coefficient (Wildman–Crippen LogP) is -0.549. The molecular formula is C8H18O5. The second kappa shape index (κ2) is 7.97. The number of rotatable bonds is 4. The molecule has 0 rings (SSSR count). The lowest BCUT2D eigenvalue weighted by molar-refractivity contribution is -0.152. The molecule has 5 nitrogen and oxygen atoms in total. The minimum absolute atomic E-state index is 0.319. The number of aliphatic hydroxyl groups is 3. The van der Waals surface area contributed by atoms with Crippen LogP contribution in [0.5, 0.6) is 0 Å². The highest BCUT2D eigenvalue weighted by Crippen LogP contribution is 2.12. The maximum Gasteiger partial charge on any atom is 0.314 e. The van der Waals surface area contributed by atoms with Gasteiger partial charge in [-0.15, -0.1) is 0 Å². The van der Waals surface area contributed by atoms with E-state index in [2.05, 4.69) is 0 Å². The van der Waals surface area contributed by atoms with Crippen LogP contribution in [0.3, 0.4) is 0 Å². The van der Waals surface area contributed by atoms with Crippen LogP contribution >= 0.6 is 0 Å². The lowest BCUT2D eigenvalue weighted by Crippen LogP contribution is -2.35. The van der Waals surface area contributed by atoms with Crippen LogP contribution in [0, 0.1) is 5.41 Å². The van der Waals surface area contributed by atoms with E-state index in [-0.39, 0.29) is 0 Å². The molecule has 0 aliphatic heterocycles. The third-order valence-electron chi connectivity index (χ3n) is 1.44. The van der Waals surface area contributed by atoms with Crippen molar-refractivity contribution in [1.29, 1.82) is 0 Å². The van der Waals surface area contributed by atoms with Crippen LogP contribution in [0.25, 0.3) is 0 Å². The van der Waals surface area contributed by atoms with E-state index < -0.39 is 24.6 Å². The van der Waals surface area contributed by atoms with Crippen molar-refractivity contribution < 1.29 is 25.2 Å². The fourth-order valence-corrected chi connectivity index (χ4v) is 0.185. The van der Waals surface area contributed by atoms with Crippen molar-refractivity contribution in [1.82, 2.24) is 0 Å². The average Bonchev–Trinajstić information content (AvgIpc) is 2.16. The van der Waals surface area contributed by atoms with Gasteiger partial charge in [0.25, 0.3) is 0 Å². The maximum absolute atomic E-state index is 10.2. The summed E-state index contributed by atoms with van der Waals surface area (Å²) in [6.45, 7) is 2.44. The van der Waals surface area contributed by atoms with Crippen molar-refractivity contribution in [2.45, 2.75) is 20.3 Å². The minimum Gasteiger partial charge on any atom is -0.481 e. The number of hydrogen-bond acceptors (Lipinski definition) is 4. The fraction of sp³-hybridized carbons (Fsp3) is 0.875. The molecule has 4 N–H and O–H groups in total. The number of aliphatic hydroxyl groups excluding tert-OH is 3. The monoisotopic (exact) mass is 194 g/mol. The molecule has 0 aromatic carbocycles. The summed E-state index contributed by atoms with van der Waals surface area (Å²) in [5.74, 6) is -1.19. The molecule has 0 aliphatic rings. The highest BCUT2D eigenvalue weighted by Gasteiger charge is 2.31. The molecule has 0 aliphatic carbocycles. The summed E-state index contributed by atoms with van der Waals surface area (Å²) in [6, 6.07) is 0. The third kappa shape index (κ3) is 6.51. The molecule has 0 bridgehead atoms. The van der Waals surface area contributed by atoms with Crippen molar-refractivity contribution in [2.75, 3.05) is 19.8 Å². The van der Waals surface area contributed by atoms with E-state index in [1.165, 1.54) is 6.92 Å². The van der Waals surface area contributed by atoms with Gasteiger partial charge < -0.3 is 20.4 Å². The lowest BCUT2D eigenvalue weighted by atomic mass is 9.94. The van der Waals surface area contributed by atoms with E-state index in [0.717, 1.165) is 6.42 Å². The Morgan fingerprint density at radius 1 is 1.23 bits per heavy atom. The second-order valence-electron chi connectivity index (χ2n) is 2.91.